The van der Waals surface area contributed by atoms with Gasteiger partial charge in [0.15, 0.2) is 0 Å². The highest BCUT2D eigenvalue weighted by Crippen LogP contribution is 2.45. The number of hydrogen-bond acceptors (Lipinski definition) is 3. The van der Waals surface area contributed by atoms with E-state index >= 15 is 0 Å². The predicted octanol–water partition coefficient (Wildman–Crippen LogP) is 4.42. The summed E-state index contributed by atoms with van der Waals surface area (Å²) in [5.41, 5.74) is 9.54. The van der Waals surface area contributed by atoms with Crippen LogP contribution in [0.5, 0.6) is 11.5 Å². The highest BCUT2D eigenvalue weighted by molar-refractivity contribution is 5.95. The number of carbonyl (C=O) groups is 1. The Morgan fingerprint density at radius 3 is 2.31 bits per heavy atom. The number of ether oxygens (including phenoxy) is 1. The molecule has 0 fully saturated rings. The minimum Gasteiger partial charge on any atom is -0.507 e. The first-order chi connectivity index (χ1) is 12.1. The molecule has 4 nitrogen and oxygen atoms in total. The van der Waals surface area contributed by atoms with E-state index in [1.165, 1.54) is 36.1 Å². The Bertz CT molecular complexity index is 852. The van der Waals surface area contributed by atoms with Gasteiger partial charge in [0.05, 0.1) is 5.56 Å². The fourth-order valence-electron chi connectivity index (χ4n) is 3.70. The van der Waals surface area contributed by atoms with Gasteiger partial charge in [-0.2, -0.15) is 0 Å². The van der Waals surface area contributed by atoms with Crippen molar-refractivity contribution in [3.63, 3.8) is 0 Å². The molecular weight excluding hydrogens is 326 g/mol. The first-order valence-electron chi connectivity index (χ1n) is 9.00. The van der Waals surface area contributed by atoms with Gasteiger partial charge >= 0.3 is 0 Å². The molecule has 0 saturated heterocycles. The number of rotatable bonds is 4. The van der Waals surface area contributed by atoms with Crippen LogP contribution in [0.3, 0.4) is 0 Å². The predicted molar refractivity (Wildman–Crippen MR) is 103 cm³/mol. The number of aromatic hydroxyl groups is 1. The van der Waals surface area contributed by atoms with E-state index in [0.717, 1.165) is 5.56 Å². The summed E-state index contributed by atoms with van der Waals surface area (Å²) in [6.07, 6.45) is 2.36. The lowest BCUT2D eigenvalue weighted by atomic mass is 9.63. The Balaban J connectivity index is 1.82. The third-order valence-corrected chi connectivity index (χ3v) is 5.56. The smallest absolute Gasteiger partial charge is 0.252 e. The number of carbonyl (C=O) groups excluding carboxylic acids is 1. The third kappa shape index (κ3) is 3.41. The van der Waals surface area contributed by atoms with Crippen LogP contribution in [0.4, 0.5) is 0 Å². The zero-order valence-corrected chi connectivity index (χ0v) is 15.9. The van der Waals surface area contributed by atoms with Gasteiger partial charge in [-0.1, -0.05) is 45.9 Å². The summed E-state index contributed by atoms with van der Waals surface area (Å²) in [6.45, 7) is 9.61. The van der Waals surface area contributed by atoms with Gasteiger partial charge in [0.25, 0.3) is 5.91 Å². The number of phenols is 1. The van der Waals surface area contributed by atoms with Crippen molar-refractivity contribution in [1.82, 2.24) is 0 Å². The van der Waals surface area contributed by atoms with Crippen molar-refractivity contribution in [2.45, 2.75) is 58.0 Å². The van der Waals surface area contributed by atoms with Gasteiger partial charge in [0, 0.05) is 6.07 Å². The summed E-state index contributed by atoms with van der Waals surface area (Å²) < 4.78 is 5.81. The highest BCUT2D eigenvalue weighted by atomic mass is 16.5. The molecule has 26 heavy (non-hydrogen) atoms. The van der Waals surface area contributed by atoms with Crippen molar-refractivity contribution < 1.29 is 14.6 Å². The van der Waals surface area contributed by atoms with Crippen molar-refractivity contribution >= 4 is 5.91 Å². The topological polar surface area (TPSA) is 72.5 Å². The fourth-order valence-corrected chi connectivity index (χ4v) is 3.70. The molecule has 3 rings (SSSR count). The van der Waals surface area contributed by atoms with E-state index in [4.69, 9.17) is 10.5 Å². The maximum absolute atomic E-state index is 11.2. The second-order valence-electron chi connectivity index (χ2n) is 8.48. The van der Waals surface area contributed by atoms with Crippen LogP contribution in [0.25, 0.3) is 0 Å². The Morgan fingerprint density at radius 2 is 1.69 bits per heavy atom. The van der Waals surface area contributed by atoms with Crippen LogP contribution < -0.4 is 10.5 Å². The van der Waals surface area contributed by atoms with Crippen molar-refractivity contribution in [3.8, 4) is 11.5 Å². The normalized spacial score (nSPS) is 17.4. The second kappa shape index (κ2) is 6.35. The van der Waals surface area contributed by atoms with E-state index < -0.39 is 5.91 Å². The number of benzene rings is 2. The molecule has 1 amide bonds. The van der Waals surface area contributed by atoms with Gasteiger partial charge in [0.1, 0.15) is 18.1 Å². The zero-order chi connectivity index (χ0) is 19.1. The van der Waals surface area contributed by atoms with Crippen LogP contribution >= 0.6 is 0 Å². The summed E-state index contributed by atoms with van der Waals surface area (Å²) in [5.74, 6) is -0.318. The molecule has 2 aromatic carbocycles. The highest BCUT2D eigenvalue weighted by Gasteiger charge is 2.36. The number of nitrogens with two attached hydrogens (primary N) is 1. The lowest BCUT2D eigenvalue weighted by Crippen LogP contribution is -2.33. The molecule has 1 aliphatic rings. The molecule has 0 aliphatic heterocycles. The van der Waals surface area contributed by atoms with E-state index in [2.05, 4.69) is 45.9 Å². The second-order valence-corrected chi connectivity index (χ2v) is 8.48. The third-order valence-electron chi connectivity index (χ3n) is 5.56. The summed E-state index contributed by atoms with van der Waals surface area (Å²) in [5, 5.41) is 9.86. The van der Waals surface area contributed by atoms with Crippen LogP contribution in [0.2, 0.25) is 0 Å². The molecule has 0 radical (unpaired) electrons. The molecule has 138 valence electrons. The molecule has 0 heterocycles. The summed E-state index contributed by atoms with van der Waals surface area (Å²) in [6, 6.07) is 11.1. The van der Waals surface area contributed by atoms with Crippen LogP contribution in [0.1, 0.15) is 67.6 Å². The first-order valence-corrected chi connectivity index (χ1v) is 9.00. The summed E-state index contributed by atoms with van der Waals surface area (Å²) in [7, 11) is 0. The molecule has 1 aliphatic carbocycles. The molecule has 2 aromatic rings. The van der Waals surface area contributed by atoms with Crippen LogP contribution in [0.15, 0.2) is 36.4 Å². The van der Waals surface area contributed by atoms with Gasteiger partial charge < -0.3 is 15.6 Å². The molecule has 0 saturated carbocycles. The van der Waals surface area contributed by atoms with Crippen LogP contribution in [-0.2, 0) is 17.4 Å². The minimum absolute atomic E-state index is 0.0927. The van der Waals surface area contributed by atoms with Crippen molar-refractivity contribution in [3.05, 3.63) is 58.7 Å². The monoisotopic (exact) mass is 353 g/mol. The van der Waals surface area contributed by atoms with E-state index in [0.29, 0.717) is 12.4 Å². The van der Waals surface area contributed by atoms with E-state index in [1.807, 2.05) is 0 Å². The van der Waals surface area contributed by atoms with Crippen LogP contribution in [-0.4, -0.2) is 11.0 Å². The van der Waals surface area contributed by atoms with Crippen molar-refractivity contribution in [1.29, 1.82) is 0 Å². The van der Waals surface area contributed by atoms with Gasteiger partial charge in [0.2, 0.25) is 0 Å². The Morgan fingerprint density at radius 1 is 1.04 bits per heavy atom. The molecular formula is C22H27NO3. The van der Waals surface area contributed by atoms with Gasteiger partial charge in [-0.05, 0) is 52.5 Å². The van der Waals surface area contributed by atoms with E-state index in [-0.39, 0.29) is 22.1 Å². The van der Waals surface area contributed by atoms with Crippen molar-refractivity contribution in [2.75, 3.05) is 0 Å². The molecule has 0 spiro atoms. The SMILES string of the molecule is CC1(C)CCC(C)(C)c2cc(COc3ccc(C(N)=O)c(O)c3)ccc21. The van der Waals surface area contributed by atoms with E-state index in [9.17, 15) is 9.90 Å². The average Bonchev–Trinajstić information content (AvgIpc) is 2.57. The number of primary amides is 1. The van der Waals surface area contributed by atoms with Gasteiger partial charge in [-0.3, -0.25) is 4.79 Å². The molecule has 0 aromatic heterocycles. The quantitative estimate of drug-likeness (QED) is 0.854. The molecule has 0 atom stereocenters. The maximum Gasteiger partial charge on any atom is 0.252 e. The Kier molecular flexibility index (Phi) is 4.47. The lowest BCUT2D eigenvalue weighted by Gasteiger charge is -2.42. The van der Waals surface area contributed by atoms with Crippen LogP contribution in [0, 0.1) is 0 Å². The van der Waals surface area contributed by atoms with Crippen molar-refractivity contribution in [2.24, 2.45) is 5.73 Å². The Hall–Kier alpha value is -2.49. The summed E-state index contributed by atoms with van der Waals surface area (Å²) >= 11 is 0. The first kappa shape index (κ1) is 18.3. The average molecular weight is 353 g/mol. The fraction of sp³-hybridized carbons (Fsp3) is 0.409. The largest absolute Gasteiger partial charge is 0.507 e. The molecule has 0 unspecified atom stereocenters. The Labute approximate surface area is 155 Å². The lowest BCUT2D eigenvalue weighted by molar-refractivity contribution is 0.0997. The van der Waals surface area contributed by atoms with Gasteiger partial charge in [-0.25, -0.2) is 0 Å². The molecule has 4 heteroatoms. The van der Waals surface area contributed by atoms with E-state index in [1.54, 1.807) is 6.07 Å². The van der Waals surface area contributed by atoms with Gasteiger partial charge in [-0.15, -0.1) is 0 Å². The zero-order valence-electron chi connectivity index (χ0n) is 15.9. The number of amides is 1. The molecule has 0 bridgehead atoms. The molecule has 3 N–H and O–H groups in total. The number of fused-ring (bicyclic) bond motifs is 1. The maximum atomic E-state index is 11.2. The number of hydrogen-bond donors (Lipinski definition) is 2. The standard InChI is InChI=1S/C22H27NO3/c1-21(2)9-10-22(3,4)18-11-14(5-8-17(18)21)13-26-15-6-7-16(20(23)25)19(24)12-15/h5-8,11-12,24H,9-10,13H2,1-4H3,(H2,23,25). The summed E-state index contributed by atoms with van der Waals surface area (Å²) in [4.78, 5) is 11.2. The minimum atomic E-state index is -0.659.